The van der Waals surface area contributed by atoms with E-state index >= 15 is 0 Å². The molecule has 0 amide bonds. The Morgan fingerprint density at radius 3 is 2.79 bits per heavy atom. The highest BCUT2D eigenvalue weighted by atomic mass is 16.5. The van der Waals surface area contributed by atoms with Gasteiger partial charge in [-0.15, -0.1) is 0 Å². The predicted octanol–water partition coefficient (Wildman–Crippen LogP) is 2.09. The molecule has 24 heavy (non-hydrogen) atoms. The second-order valence-electron chi connectivity index (χ2n) is 7.57. The van der Waals surface area contributed by atoms with Gasteiger partial charge in [-0.25, -0.2) is 0 Å². The SMILES string of the molecule is CC(C)(CN1CCCC(C(=O)c2ccccn2)C1)N1CCOCC1. The van der Waals surface area contributed by atoms with Crippen LogP contribution in [0.4, 0.5) is 0 Å². The summed E-state index contributed by atoms with van der Waals surface area (Å²) in [6.07, 6.45) is 3.77. The third-order valence-corrected chi connectivity index (χ3v) is 5.27. The van der Waals surface area contributed by atoms with E-state index in [4.69, 9.17) is 4.74 Å². The van der Waals surface area contributed by atoms with Crippen molar-refractivity contribution >= 4 is 5.78 Å². The molecule has 2 aliphatic rings. The van der Waals surface area contributed by atoms with Gasteiger partial charge in [0.05, 0.1) is 13.2 Å². The summed E-state index contributed by atoms with van der Waals surface area (Å²) in [6.45, 7) is 11.2. The van der Waals surface area contributed by atoms with Crippen LogP contribution in [0.25, 0.3) is 0 Å². The van der Waals surface area contributed by atoms with Crippen LogP contribution < -0.4 is 0 Å². The Labute approximate surface area is 145 Å². The van der Waals surface area contributed by atoms with Gasteiger partial charge in [0.25, 0.3) is 0 Å². The number of aromatic nitrogens is 1. The molecule has 0 N–H and O–H groups in total. The lowest BCUT2D eigenvalue weighted by Crippen LogP contribution is -2.56. The van der Waals surface area contributed by atoms with Gasteiger partial charge < -0.3 is 9.64 Å². The van der Waals surface area contributed by atoms with Crippen LogP contribution in [0.5, 0.6) is 0 Å². The van der Waals surface area contributed by atoms with Crippen molar-refractivity contribution < 1.29 is 9.53 Å². The lowest BCUT2D eigenvalue weighted by atomic mass is 9.90. The third-order valence-electron chi connectivity index (χ3n) is 5.27. The second-order valence-corrected chi connectivity index (χ2v) is 7.57. The van der Waals surface area contributed by atoms with Gasteiger partial charge in [-0.3, -0.25) is 14.7 Å². The van der Waals surface area contributed by atoms with Crippen molar-refractivity contribution in [2.24, 2.45) is 5.92 Å². The minimum Gasteiger partial charge on any atom is -0.379 e. The molecule has 132 valence electrons. The van der Waals surface area contributed by atoms with Crippen molar-refractivity contribution in [1.82, 2.24) is 14.8 Å². The molecule has 5 nitrogen and oxygen atoms in total. The second kappa shape index (κ2) is 7.72. The lowest BCUT2D eigenvalue weighted by molar-refractivity contribution is -0.0251. The van der Waals surface area contributed by atoms with E-state index in [1.54, 1.807) is 6.20 Å². The number of rotatable bonds is 5. The molecule has 1 aromatic heterocycles. The van der Waals surface area contributed by atoms with Crippen molar-refractivity contribution in [2.45, 2.75) is 32.2 Å². The van der Waals surface area contributed by atoms with Crippen LogP contribution in [-0.2, 0) is 4.74 Å². The molecule has 0 spiro atoms. The maximum atomic E-state index is 12.7. The van der Waals surface area contributed by atoms with Gasteiger partial charge in [-0.2, -0.15) is 0 Å². The fourth-order valence-electron chi connectivity index (χ4n) is 3.95. The summed E-state index contributed by atoms with van der Waals surface area (Å²) < 4.78 is 5.48. The average Bonchev–Trinajstić information content (AvgIpc) is 2.62. The topological polar surface area (TPSA) is 45.7 Å². The number of hydrogen-bond donors (Lipinski definition) is 0. The summed E-state index contributed by atoms with van der Waals surface area (Å²) in [7, 11) is 0. The molecule has 1 unspecified atom stereocenters. The van der Waals surface area contributed by atoms with Gasteiger partial charge in [0, 0.05) is 43.8 Å². The quantitative estimate of drug-likeness (QED) is 0.773. The van der Waals surface area contributed by atoms with Crippen LogP contribution in [-0.4, -0.2) is 72.0 Å². The summed E-state index contributed by atoms with van der Waals surface area (Å²) in [5, 5.41) is 0. The maximum absolute atomic E-state index is 12.7. The zero-order chi connectivity index (χ0) is 17.0. The van der Waals surface area contributed by atoms with Gasteiger partial charge >= 0.3 is 0 Å². The van der Waals surface area contributed by atoms with Gasteiger partial charge in [0.2, 0.25) is 0 Å². The fraction of sp³-hybridized carbons (Fsp3) is 0.684. The first-order valence-electron chi connectivity index (χ1n) is 9.07. The Kier molecular flexibility index (Phi) is 5.64. The minimum absolute atomic E-state index is 0.0779. The molecule has 5 heteroatoms. The molecule has 3 heterocycles. The summed E-state index contributed by atoms with van der Waals surface area (Å²) >= 11 is 0. The molecule has 2 aliphatic heterocycles. The van der Waals surface area contributed by atoms with E-state index in [9.17, 15) is 4.79 Å². The summed E-state index contributed by atoms with van der Waals surface area (Å²) in [5.74, 6) is 0.276. The van der Waals surface area contributed by atoms with E-state index in [-0.39, 0.29) is 17.2 Å². The molecule has 0 saturated carbocycles. The maximum Gasteiger partial charge on any atom is 0.185 e. The standard InChI is InChI=1S/C19H29N3O2/c1-19(2,22-10-12-24-13-11-22)15-21-9-5-6-16(14-21)18(23)17-7-3-4-8-20-17/h3-4,7-8,16H,5-6,9-15H2,1-2H3. The summed E-state index contributed by atoms with van der Waals surface area (Å²) in [4.78, 5) is 21.9. The Bertz CT molecular complexity index is 541. The molecular weight excluding hydrogens is 302 g/mol. The Hall–Kier alpha value is -1.30. The van der Waals surface area contributed by atoms with E-state index < -0.39 is 0 Å². The highest BCUT2D eigenvalue weighted by Crippen LogP contribution is 2.24. The van der Waals surface area contributed by atoms with Gasteiger partial charge in [0.15, 0.2) is 5.78 Å². The van der Waals surface area contributed by atoms with E-state index in [0.29, 0.717) is 5.69 Å². The van der Waals surface area contributed by atoms with E-state index in [1.807, 2.05) is 18.2 Å². The Morgan fingerprint density at radius 2 is 2.08 bits per heavy atom. The first-order valence-corrected chi connectivity index (χ1v) is 9.07. The third kappa shape index (κ3) is 4.21. The van der Waals surface area contributed by atoms with E-state index in [1.165, 1.54) is 0 Å². The van der Waals surface area contributed by atoms with Crippen LogP contribution in [0.1, 0.15) is 37.2 Å². The first-order chi connectivity index (χ1) is 11.6. The number of nitrogens with zero attached hydrogens (tertiary/aromatic N) is 3. The first kappa shape index (κ1) is 17.5. The number of ketones is 1. The molecule has 2 fully saturated rings. The van der Waals surface area contributed by atoms with Crippen molar-refractivity contribution in [3.63, 3.8) is 0 Å². The molecular formula is C19H29N3O2. The number of Topliss-reactive ketones (excluding diaryl/α,β-unsaturated/α-hetero) is 1. The zero-order valence-electron chi connectivity index (χ0n) is 14.9. The normalized spacial score (nSPS) is 24.0. The lowest BCUT2D eigenvalue weighted by Gasteiger charge is -2.45. The van der Waals surface area contributed by atoms with Gasteiger partial charge in [-0.1, -0.05) is 6.07 Å². The van der Waals surface area contributed by atoms with Crippen LogP contribution in [0, 0.1) is 5.92 Å². The molecule has 0 aliphatic carbocycles. The highest BCUT2D eigenvalue weighted by molar-refractivity contribution is 5.96. The molecule has 0 aromatic carbocycles. The Morgan fingerprint density at radius 1 is 1.29 bits per heavy atom. The minimum atomic E-state index is 0.0779. The Balaban J connectivity index is 1.60. The molecule has 0 bridgehead atoms. The van der Waals surface area contributed by atoms with Crippen LogP contribution >= 0.6 is 0 Å². The fourth-order valence-corrected chi connectivity index (χ4v) is 3.95. The van der Waals surface area contributed by atoms with E-state index in [2.05, 4.69) is 28.6 Å². The number of likely N-dealkylation sites (tertiary alicyclic amines) is 1. The molecule has 3 rings (SSSR count). The number of hydrogen-bond acceptors (Lipinski definition) is 5. The summed E-state index contributed by atoms with van der Waals surface area (Å²) in [5.41, 5.74) is 0.719. The predicted molar refractivity (Wildman–Crippen MR) is 94.2 cm³/mol. The van der Waals surface area contributed by atoms with Crippen molar-refractivity contribution in [2.75, 3.05) is 45.9 Å². The summed E-state index contributed by atoms with van der Waals surface area (Å²) in [6, 6.07) is 5.58. The molecule has 0 radical (unpaired) electrons. The number of pyridine rings is 1. The van der Waals surface area contributed by atoms with Gasteiger partial charge in [0.1, 0.15) is 5.69 Å². The van der Waals surface area contributed by atoms with Crippen molar-refractivity contribution in [1.29, 1.82) is 0 Å². The monoisotopic (exact) mass is 331 g/mol. The molecule has 1 aromatic rings. The van der Waals surface area contributed by atoms with Gasteiger partial charge in [-0.05, 0) is 45.4 Å². The number of morpholine rings is 1. The van der Waals surface area contributed by atoms with Crippen LogP contribution in [0.2, 0.25) is 0 Å². The van der Waals surface area contributed by atoms with E-state index in [0.717, 1.165) is 58.8 Å². The number of carbonyl (C=O) groups excluding carboxylic acids is 1. The van der Waals surface area contributed by atoms with Crippen LogP contribution in [0.3, 0.4) is 0 Å². The molecule has 1 atom stereocenters. The van der Waals surface area contributed by atoms with Crippen molar-refractivity contribution in [3.05, 3.63) is 30.1 Å². The number of ether oxygens (including phenoxy) is 1. The average molecular weight is 331 g/mol. The van der Waals surface area contributed by atoms with Crippen LogP contribution in [0.15, 0.2) is 24.4 Å². The highest BCUT2D eigenvalue weighted by Gasteiger charge is 2.33. The number of piperidine rings is 1. The smallest absolute Gasteiger partial charge is 0.185 e. The largest absolute Gasteiger partial charge is 0.379 e. The van der Waals surface area contributed by atoms with Crippen molar-refractivity contribution in [3.8, 4) is 0 Å². The zero-order valence-corrected chi connectivity index (χ0v) is 14.9. The molecule has 2 saturated heterocycles. The number of carbonyl (C=O) groups is 1.